The number of aliphatic hydroxyl groups excluding tert-OH is 1. The van der Waals surface area contributed by atoms with Gasteiger partial charge in [0.05, 0.1) is 15.1 Å². The zero-order valence-electron chi connectivity index (χ0n) is 16.4. The second kappa shape index (κ2) is 9.67. The molecule has 162 valence electrons. The number of carbonyl (C=O) groups is 1. The first-order valence-corrected chi connectivity index (χ1v) is 10.6. The fourth-order valence-electron chi connectivity index (χ4n) is 3.02. The smallest absolute Gasteiger partial charge is 0.248 e. The molecule has 0 saturated carbocycles. The molecule has 0 aliphatic heterocycles. The fourth-order valence-corrected chi connectivity index (χ4v) is 3.63. The van der Waals surface area contributed by atoms with Crippen molar-refractivity contribution in [3.63, 3.8) is 0 Å². The Hall–Kier alpha value is -2.96. The van der Waals surface area contributed by atoms with E-state index in [2.05, 4.69) is 5.32 Å². The number of aliphatic hydroxyl groups is 1. The van der Waals surface area contributed by atoms with Crippen LogP contribution in [0.5, 0.6) is 0 Å². The summed E-state index contributed by atoms with van der Waals surface area (Å²) in [5, 5.41) is 13.2. The van der Waals surface area contributed by atoms with Gasteiger partial charge in [-0.1, -0.05) is 40.9 Å². The Bertz CT molecular complexity index is 1310. The quantitative estimate of drug-likeness (QED) is 0.279. The Morgan fingerprint density at radius 2 is 1.69 bits per heavy atom. The fraction of sp³-hybridized carbons (Fsp3) is 0.0417. The molecule has 4 aromatic rings. The van der Waals surface area contributed by atoms with Crippen LogP contribution in [0.25, 0.3) is 28.7 Å². The number of anilines is 1. The molecule has 8 heteroatoms. The summed E-state index contributed by atoms with van der Waals surface area (Å²) in [6.07, 6.45) is 2.90. The van der Waals surface area contributed by atoms with Gasteiger partial charge in [0, 0.05) is 22.9 Å². The van der Waals surface area contributed by atoms with Gasteiger partial charge in [0.2, 0.25) is 5.91 Å². The molecule has 5 nitrogen and oxygen atoms in total. The first-order chi connectivity index (χ1) is 15.4. The molecule has 2 heterocycles. The third kappa shape index (κ3) is 4.92. The topological polar surface area (TPSA) is 75.6 Å². The number of hydrogen-bond donors (Lipinski definition) is 2. The molecule has 0 radical (unpaired) electrons. The van der Waals surface area contributed by atoms with Crippen molar-refractivity contribution >= 4 is 52.5 Å². The van der Waals surface area contributed by atoms with E-state index in [0.717, 1.165) is 0 Å². The summed E-state index contributed by atoms with van der Waals surface area (Å²) in [4.78, 5) is 12.4. The molecular formula is C24H16Cl3NO4. The molecule has 2 aromatic carbocycles. The van der Waals surface area contributed by atoms with Crippen molar-refractivity contribution in [3.05, 3.63) is 93.3 Å². The minimum atomic E-state index is -0.354. The monoisotopic (exact) mass is 487 g/mol. The van der Waals surface area contributed by atoms with Gasteiger partial charge in [-0.05, 0) is 60.7 Å². The zero-order chi connectivity index (χ0) is 22.7. The summed E-state index contributed by atoms with van der Waals surface area (Å²) in [6, 6.07) is 17.2. The molecule has 4 rings (SSSR count). The van der Waals surface area contributed by atoms with Crippen molar-refractivity contribution in [3.8, 4) is 22.6 Å². The molecule has 0 atom stereocenters. The molecule has 0 saturated heterocycles. The molecule has 0 unspecified atom stereocenters. The van der Waals surface area contributed by atoms with Crippen LogP contribution in [-0.2, 0) is 11.4 Å². The molecular weight excluding hydrogens is 473 g/mol. The summed E-state index contributed by atoms with van der Waals surface area (Å²) >= 11 is 18.5. The van der Waals surface area contributed by atoms with Gasteiger partial charge >= 0.3 is 0 Å². The number of carbonyl (C=O) groups excluding carboxylic acids is 1. The van der Waals surface area contributed by atoms with E-state index in [1.54, 1.807) is 66.7 Å². The van der Waals surface area contributed by atoms with Gasteiger partial charge in [0.25, 0.3) is 0 Å². The predicted octanol–water partition coefficient (Wildman–Crippen LogP) is 7.31. The van der Waals surface area contributed by atoms with Crippen LogP contribution in [0.1, 0.15) is 11.5 Å². The van der Waals surface area contributed by atoms with Gasteiger partial charge in [-0.3, -0.25) is 4.79 Å². The van der Waals surface area contributed by atoms with E-state index in [4.69, 9.17) is 43.6 Å². The van der Waals surface area contributed by atoms with Crippen LogP contribution in [0.3, 0.4) is 0 Å². The van der Waals surface area contributed by atoms with Crippen LogP contribution >= 0.6 is 34.8 Å². The van der Waals surface area contributed by atoms with Crippen molar-refractivity contribution < 1.29 is 18.7 Å². The SMILES string of the molecule is O=C(/C=C/c1ccc(-c2cccc(Cl)c2Cl)o1)Nc1ccc(Cl)c(-c2ccc(CO)o2)c1. The van der Waals surface area contributed by atoms with Gasteiger partial charge < -0.3 is 19.3 Å². The first kappa shape index (κ1) is 22.2. The molecule has 0 aliphatic carbocycles. The maximum Gasteiger partial charge on any atom is 0.248 e. The van der Waals surface area contributed by atoms with Crippen LogP contribution in [0.15, 0.2) is 75.6 Å². The summed E-state index contributed by atoms with van der Waals surface area (Å²) < 4.78 is 11.3. The van der Waals surface area contributed by atoms with Gasteiger partial charge in [-0.25, -0.2) is 0 Å². The average molecular weight is 489 g/mol. The summed E-state index contributed by atoms with van der Waals surface area (Å²) in [5.74, 6) is 1.59. The van der Waals surface area contributed by atoms with Crippen molar-refractivity contribution in [1.82, 2.24) is 0 Å². The molecule has 1 amide bonds. The van der Waals surface area contributed by atoms with E-state index in [9.17, 15) is 9.90 Å². The molecule has 0 spiro atoms. The minimum absolute atomic E-state index is 0.211. The molecule has 32 heavy (non-hydrogen) atoms. The van der Waals surface area contributed by atoms with E-state index in [0.29, 0.717) is 54.9 Å². The summed E-state index contributed by atoms with van der Waals surface area (Å²) in [5.41, 5.74) is 1.80. The van der Waals surface area contributed by atoms with Crippen LogP contribution in [0.4, 0.5) is 5.69 Å². The second-order valence-corrected chi connectivity index (χ2v) is 7.94. The first-order valence-electron chi connectivity index (χ1n) is 9.47. The van der Waals surface area contributed by atoms with Crippen molar-refractivity contribution in [2.75, 3.05) is 5.32 Å². The Balaban J connectivity index is 1.47. The van der Waals surface area contributed by atoms with Gasteiger partial charge in [-0.2, -0.15) is 0 Å². The molecule has 0 fully saturated rings. The highest BCUT2D eigenvalue weighted by Crippen LogP contribution is 2.35. The zero-order valence-corrected chi connectivity index (χ0v) is 18.7. The van der Waals surface area contributed by atoms with Crippen LogP contribution in [0, 0.1) is 0 Å². The lowest BCUT2D eigenvalue weighted by Crippen LogP contribution is -2.07. The van der Waals surface area contributed by atoms with E-state index < -0.39 is 0 Å². The van der Waals surface area contributed by atoms with Crippen LogP contribution in [0.2, 0.25) is 15.1 Å². The Morgan fingerprint density at radius 1 is 0.906 bits per heavy atom. The summed E-state index contributed by atoms with van der Waals surface area (Å²) in [6.45, 7) is -0.211. The van der Waals surface area contributed by atoms with Crippen LogP contribution in [-0.4, -0.2) is 11.0 Å². The maximum absolute atomic E-state index is 12.4. The van der Waals surface area contributed by atoms with E-state index in [1.165, 1.54) is 6.08 Å². The molecule has 2 aromatic heterocycles. The summed E-state index contributed by atoms with van der Waals surface area (Å²) in [7, 11) is 0. The predicted molar refractivity (Wildman–Crippen MR) is 127 cm³/mol. The number of benzene rings is 2. The molecule has 0 aliphatic rings. The number of rotatable bonds is 6. The lowest BCUT2D eigenvalue weighted by molar-refractivity contribution is -0.111. The van der Waals surface area contributed by atoms with E-state index in [-0.39, 0.29) is 12.5 Å². The number of nitrogens with one attached hydrogen (secondary N) is 1. The average Bonchev–Trinajstić information content (AvgIpc) is 3.45. The third-order valence-corrected chi connectivity index (χ3v) is 5.71. The number of halogens is 3. The van der Waals surface area contributed by atoms with Gasteiger partial charge in [-0.15, -0.1) is 0 Å². The largest absolute Gasteiger partial charge is 0.459 e. The van der Waals surface area contributed by atoms with Crippen molar-refractivity contribution in [2.45, 2.75) is 6.61 Å². The minimum Gasteiger partial charge on any atom is -0.459 e. The van der Waals surface area contributed by atoms with Gasteiger partial charge in [0.1, 0.15) is 29.6 Å². The highest BCUT2D eigenvalue weighted by Gasteiger charge is 2.12. The van der Waals surface area contributed by atoms with Gasteiger partial charge in [0.15, 0.2) is 0 Å². The Kier molecular flexibility index (Phi) is 6.72. The molecule has 2 N–H and O–H groups in total. The molecule has 0 bridgehead atoms. The van der Waals surface area contributed by atoms with Crippen molar-refractivity contribution in [2.24, 2.45) is 0 Å². The normalized spacial score (nSPS) is 11.2. The van der Waals surface area contributed by atoms with E-state index in [1.807, 2.05) is 0 Å². The number of amides is 1. The lowest BCUT2D eigenvalue weighted by Gasteiger charge is -2.06. The number of hydrogen-bond acceptors (Lipinski definition) is 4. The van der Waals surface area contributed by atoms with Crippen molar-refractivity contribution in [1.29, 1.82) is 0 Å². The Morgan fingerprint density at radius 3 is 2.47 bits per heavy atom. The third-order valence-electron chi connectivity index (χ3n) is 4.56. The number of furan rings is 2. The highest BCUT2D eigenvalue weighted by molar-refractivity contribution is 6.43. The van der Waals surface area contributed by atoms with E-state index >= 15 is 0 Å². The van der Waals surface area contributed by atoms with Crippen LogP contribution < -0.4 is 5.32 Å². The second-order valence-electron chi connectivity index (χ2n) is 6.74. The standard InChI is InChI=1S/C24H16Cl3NO4/c25-19-8-4-14(12-18(19)22-10-6-16(13-29)32-22)28-23(30)11-7-15-5-9-21(31-15)17-2-1-3-20(26)24(17)27/h1-12,29H,13H2,(H,28,30)/b11-7+. The maximum atomic E-state index is 12.4. The highest BCUT2D eigenvalue weighted by atomic mass is 35.5. The Labute approximate surface area is 198 Å². The lowest BCUT2D eigenvalue weighted by atomic mass is 10.1.